The Balaban J connectivity index is 1.34. The number of Topliss-reactive ketones (excluding diaryl/α,β-unsaturated/α-hetero) is 1. The van der Waals surface area contributed by atoms with Crippen molar-refractivity contribution in [2.75, 3.05) is 32.1 Å². The van der Waals surface area contributed by atoms with Gasteiger partial charge in [-0.15, -0.1) is 10.2 Å². The van der Waals surface area contributed by atoms with Gasteiger partial charge in [0.1, 0.15) is 17.0 Å². The molecule has 0 N–H and O–H groups in total. The van der Waals surface area contributed by atoms with Crippen molar-refractivity contribution >= 4 is 33.8 Å². The van der Waals surface area contributed by atoms with Crippen molar-refractivity contribution < 1.29 is 4.79 Å². The van der Waals surface area contributed by atoms with E-state index in [0.29, 0.717) is 17.3 Å². The predicted molar refractivity (Wildman–Crippen MR) is 120 cm³/mol. The molecule has 0 radical (unpaired) electrons. The topological polar surface area (TPSA) is 88.0 Å². The highest BCUT2D eigenvalue weighted by molar-refractivity contribution is 7.12. The summed E-state index contributed by atoms with van der Waals surface area (Å²) in [5.74, 6) is 0.860. The minimum Gasteiger partial charge on any atom is -0.353 e. The Labute approximate surface area is 183 Å². The maximum absolute atomic E-state index is 12.9. The SMILES string of the molecule is CN(C)C1CN(c2cc(C(=O)Cc3cc4nc(-c5nncs5)ccc4cn3)ccn2)C1. The smallest absolute Gasteiger partial charge is 0.169 e. The van der Waals surface area contributed by atoms with E-state index in [1.165, 1.54) is 11.3 Å². The van der Waals surface area contributed by atoms with Gasteiger partial charge in [-0.3, -0.25) is 9.78 Å². The average molecular weight is 432 g/mol. The molecule has 0 aromatic carbocycles. The van der Waals surface area contributed by atoms with E-state index < -0.39 is 0 Å². The summed E-state index contributed by atoms with van der Waals surface area (Å²) in [5.41, 5.74) is 4.58. The van der Waals surface area contributed by atoms with Gasteiger partial charge in [-0.1, -0.05) is 11.3 Å². The fraction of sp³-hybridized carbons (Fsp3) is 0.273. The van der Waals surface area contributed by atoms with Crippen molar-refractivity contribution in [2.24, 2.45) is 0 Å². The van der Waals surface area contributed by atoms with E-state index in [1.807, 2.05) is 24.3 Å². The van der Waals surface area contributed by atoms with Crippen LogP contribution in [0.4, 0.5) is 5.82 Å². The Hall–Kier alpha value is -3.30. The third-order valence-corrected chi connectivity index (χ3v) is 6.25. The molecule has 8 nitrogen and oxygen atoms in total. The van der Waals surface area contributed by atoms with Gasteiger partial charge >= 0.3 is 0 Å². The lowest BCUT2D eigenvalue weighted by atomic mass is 10.0. The molecule has 4 aromatic heterocycles. The van der Waals surface area contributed by atoms with Crippen molar-refractivity contribution in [1.82, 2.24) is 30.0 Å². The number of likely N-dealkylation sites (N-methyl/N-ethyl adjacent to an activating group) is 1. The molecule has 1 aliphatic heterocycles. The van der Waals surface area contributed by atoms with Crippen LogP contribution in [0.2, 0.25) is 0 Å². The summed E-state index contributed by atoms with van der Waals surface area (Å²) in [5, 5.41) is 9.64. The number of aromatic nitrogens is 5. The van der Waals surface area contributed by atoms with Crippen molar-refractivity contribution in [3.63, 3.8) is 0 Å². The molecule has 1 saturated heterocycles. The maximum Gasteiger partial charge on any atom is 0.169 e. The molecule has 31 heavy (non-hydrogen) atoms. The molecule has 0 bridgehead atoms. The minimum absolute atomic E-state index is 0.0143. The van der Waals surface area contributed by atoms with Crippen LogP contribution in [0.5, 0.6) is 0 Å². The monoisotopic (exact) mass is 431 g/mol. The fourth-order valence-electron chi connectivity index (χ4n) is 3.56. The Bertz CT molecular complexity index is 1240. The first kappa shape index (κ1) is 19.7. The Morgan fingerprint density at radius 3 is 2.84 bits per heavy atom. The average Bonchev–Trinajstić information content (AvgIpc) is 3.27. The first-order chi connectivity index (χ1) is 15.1. The number of rotatable bonds is 6. The van der Waals surface area contributed by atoms with Gasteiger partial charge in [0.15, 0.2) is 10.8 Å². The van der Waals surface area contributed by atoms with E-state index >= 15 is 0 Å². The van der Waals surface area contributed by atoms with E-state index in [9.17, 15) is 4.79 Å². The van der Waals surface area contributed by atoms with Gasteiger partial charge in [-0.05, 0) is 44.4 Å². The molecule has 1 fully saturated rings. The first-order valence-corrected chi connectivity index (χ1v) is 10.9. The van der Waals surface area contributed by atoms with E-state index in [0.717, 1.165) is 40.5 Å². The molecular formula is C22H21N7OS. The van der Waals surface area contributed by atoms with Gasteiger partial charge in [0.2, 0.25) is 0 Å². The summed E-state index contributed by atoms with van der Waals surface area (Å²) in [6.45, 7) is 1.85. The zero-order chi connectivity index (χ0) is 21.4. The maximum atomic E-state index is 12.9. The van der Waals surface area contributed by atoms with Gasteiger partial charge < -0.3 is 9.80 Å². The summed E-state index contributed by atoms with van der Waals surface area (Å²) in [7, 11) is 4.16. The number of hydrogen-bond acceptors (Lipinski definition) is 9. The molecule has 0 saturated carbocycles. The molecule has 1 aliphatic rings. The summed E-state index contributed by atoms with van der Waals surface area (Å²) < 4.78 is 0. The molecule has 0 spiro atoms. The predicted octanol–water partition coefficient (Wildman–Crippen LogP) is 2.72. The molecule has 9 heteroatoms. The van der Waals surface area contributed by atoms with Crippen LogP contribution in [0.25, 0.3) is 21.6 Å². The standard InChI is InChI=1S/C22H21N7OS/c1-28(2)17-11-29(12-17)21-7-14(5-6-23-21)20(30)9-16-8-19-15(10-24-16)3-4-18(26-19)22-27-25-13-31-22/h3-8,10,13,17H,9,11-12H2,1-2H3. The Morgan fingerprint density at radius 2 is 2.06 bits per heavy atom. The number of nitrogens with zero attached hydrogens (tertiary/aromatic N) is 7. The number of hydrogen-bond donors (Lipinski definition) is 0. The highest BCUT2D eigenvalue weighted by Crippen LogP contribution is 2.24. The van der Waals surface area contributed by atoms with Crippen LogP contribution in [0.3, 0.4) is 0 Å². The molecule has 0 aliphatic carbocycles. The normalized spacial score (nSPS) is 14.2. The lowest BCUT2D eigenvalue weighted by Gasteiger charge is -2.43. The van der Waals surface area contributed by atoms with Crippen molar-refractivity contribution in [2.45, 2.75) is 12.5 Å². The van der Waals surface area contributed by atoms with Crippen LogP contribution >= 0.6 is 11.3 Å². The molecule has 4 aromatic rings. The molecule has 5 heterocycles. The summed E-state index contributed by atoms with van der Waals surface area (Å²) in [4.78, 5) is 30.9. The van der Waals surface area contributed by atoms with Crippen LogP contribution < -0.4 is 4.90 Å². The second kappa shape index (κ2) is 8.09. The molecule has 0 amide bonds. The second-order valence-corrected chi connectivity index (χ2v) is 8.67. The van der Waals surface area contributed by atoms with E-state index in [4.69, 9.17) is 0 Å². The quantitative estimate of drug-likeness (QED) is 0.431. The molecule has 5 rings (SSSR count). The number of fused-ring (bicyclic) bond motifs is 1. The summed E-state index contributed by atoms with van der Waals surface area (Å²) in [6, 6.07) is 9.91. The summed E-state index contributed by atoms with van der Waals surface area (Å²) >= 11 is 1.44. The van der Waals surface area contributed by atoms with Crippen LogP contribution in [-0.2, 0) is 6.42 Å². The van der Waals surface area contributed by atoms with Gasteiger partial charge in [-0.25, -0.2) is 9.97 Å². The lowest BCUT2D eigenvalue weighted by molar-refractivity contribution is 0.0992. The van der Waals surface area contributed by atoms with Crippen LogP contribution in [0, 0.1) is 0 Å². The Morgan fingerprint density at radius 1 is 1.19 bits per heavy atom. The molecular weight excluding hydrogens is 410 g/mol. The zero-order valence-corrected chi connectivity index (χ0v) is 18.1. The van der Waals surface area contributed by atoms with Crippen LogP contribution in [0.1, 0.15) is 16.1 Å². The third-order valence-electron chi connectivity index (χ3n) is 5.54. The molecule has 156 valence electrons. The first-order valence-electron chi connectivity index (χ1n) is 9.99. The second-order valence-electron chi connectivity index (χ2n) is 7.83. The van der Waals surface area contributed by atoms with Crippen LogP contribution in [0.15, 0.2) is 48.2 Å². The number of carbonyl (C=O) groups is 1. The van der Waals surface area contributed by atoms with Crippen molar-refractivity contribution in [3.8, 4) is 10.7 Å². The van der Waals surface area contributed by atoms with Crippen molar-refractivity contribution in [1.29, 1.82) is 0 Å². The summed E-state index contributed by atoms with van der Waals surface area (Å²) in [6.07, 6.45) is 3.67. The minimum atomic E-state index is 0.0143. The van der Waals surface area contributed by atoms with Crippen LogP contribution in [-0.4, -0.2) is 69.1 Å². The Kier molecular flexibility index (Phi) is 5.13. The van der Waals surface area contributed by atoms with Gasteiger partial charge in [-0.2, -0.15) is 0 Å². The molecule has 0 unspecified atom stereocenters. The van der Waals surface area contributed by atoms with Crippen molar-refractivity contribution in [3.05, 3.63) is 59.5 Å². The number of anilines is 1. The van der Waals surface area contributed by atoms with Gasteiger partial charge in [0.05, 0.1) is 17.6 Å². The highest BCUT2D eigenvalue weighted by atomic mass is 32.1. The molecule has 0 atom stereocenters. The highest BCUT2D eigenvalue weighted by Gasteiger charge is 2.29. The van der Waals surface area contributed by atoms with Gasteiger partial charge in [0.25, 0.3) is 0 Å². The van der Waals surface area contributed by atoms with Gasteiger partial charge in [0, 0.05) is 42.5 Å². The zero-order valence-electron chi connectivity index (χ0n) is 17.3. The fourth-order valence-corrected chi connectivity index (χ4v) is 4.08. The largest absolute Gasteiger partial charge is 0.353 e. The van der Waals surface area contributed by atoms with E-state index in [-0.39, 0.29) is 12.2 Å². The number of ketones is 1. The number of carbonyl (C=O) groups excluding carboxylic acids is 1. The third kappa shape index (κ3) is 4.01. The number of pyridine rings is 3. The van der Waals surface area contributed by atoms with E-state index in [1.54, 1.807) is 24.0 Å². The van der Waals surface area contributed by atoms with E-state index in [2.05, 4.69) is 49.0 Å². The lowest BCUT2D eigenvalue weighted by Crippen LogP contribution is -2.57.